The number of morpholine rings is 1. The number of nitrogens with zero attached hydrogens (tertiary/aromatic N) is 1. The van der Waals surface area contributed by atoms with Gasteiger partial charge in [-0.05, 0) is 110 Å². The monoisotopic (exact) mass is 705 g/mol. The van der Waals surface area contributed by atoms with Crippen LogP contribution in [0.1, 0.15) is 112 Å². The second-order valence-electron chi connectivity index (χ2n) is 19.7. The molecule has 2 spiro atoms. The number of carbonyl (C=O) groups excluding carboxylic acids is 2. The van der Waals surface area contributed by atoms with Gasteiger partial charge in [-0.3, -0.25) is 14.5 Å². The molecule has 7 fully saturated rings. The molecule has 4 unspecified atom stereocenters. The van der Waals surface area contributed by atoms with E-state index < -0.39 is 35.3 Å². The molecule has 0 amide bonds. The summed E-state index contributed by atoms with van der Waals surface area (Å²) in [4.78, 5) is 29.6. The summed E-state index contributed by atoms with van der Waals surface area (Å²) >= 11 is 0. The lowest BCUT2D eigenvalue weighted by Crippen LogP contribution is -2.59. The number of fused-ring (bicyclic) bond motifs is 4. The first-order valence-electron chi connectivity index (χ1n) is 20.1. The van der Waals surface area contributed by atoms with Crippen molar-refractivity contribution >= 4 is 11.8 Å². The van der Waals surface area contributed by atoms with E-state index in [9.17, 15) is 9.90 Å². The molecule has 8 heteroatoms. The van der Waals surface area contributed by atoms with Gasteiger partial charge in [-0.25, -0.2) is 0 Å². The zero-order valence-corrected chi connectivity index (χ0v) is 32.4. The van der Waals surface area contributed by atoms with Gasteiger partial charge in [0.15, 0.2) is 18.2 Å². The highest BCUT2D eigenvalue weighted by molar-refractivity contribution is 5.93. The lowest BCUT2D eigenvalue weighted by molar-refractivity contribution is -0.247. The first-order valence-corrected chi connectivity index (χ1v) is 20.1. The number of hydrogen-bond donors (Lipinski definition) is 1. The number of ether oxygens (including phenoxy) is 4. The predicted molar refractivity (Wildman–Crippen MR) is 193 cm³/mol. The van der Waals surface area contributed by atoms with Crippen molar-refractivity contribution in [3.63, 3.8) is 0 Å². The summed E-state index contributed by atoms with van der Waals surface area (Å²) in [6, 6.07) is 10.7. The summed E-state index contributed by atoms with van der Waals surface area (Å²) < 4.78 is 25.7. The second-order valence-corrected chi connectivity index (χ2v) is 19.7. The van der Waals surface area contributed by atoms with Crippen molar-refractivity contribution in [1.29, 1.82) is 0 Å². The van der Waals surface area contributed by atoms with Crippen LogP contribution in [-0.2, 0) is 35.1 Å². The fourth-order valence-corrected chi connectivity index (χ4v) is 14.2. The van der Waals surface area contributed by atoms with Crippen molar-refractivity contribution in [2.24, 2.45) is 50.7 Å². The normalized spacial score (nSPS) is 46.5. The molecule has 13 atom stereocenters. The van der Waals surface area contributed by atoms with E-state index in [0.29, 0.717) is 24.9 Å². The number of hydrogen-bond acceptors (Lipinski definition) is 8. The van der Waals surface area contributed by atoms with Crippen LogP contribution in [-0.4, -0.2) is 77.8 Å². The minimum atomic E-state index is -1.28. The maximum atomic E-state index is 15.1. The van der Waals surface area contributed by atoms with Gasteiger partial charge < -0.3 is 24.1 Å². The number of rotatable bonds is 7. The molecule has 2 saturated heterocycles. The van der Waals surface area contributed by atoms with Gasteiger partial charge in [0.05, 0.1) is 24.4 Å². The average Bonchev–Trinajstić information content (AvgIpc) is 3.70. The molecule has 8 nitrogen and oxygen atoms in total. The van der Waals surface area contributed by atoms with E-state index in [1.165, 1.54) is 31.7 Å². The first kappa shape index (κ1) is 36.2. The van der Waals surface area contributed by atoms with Crippen LogP contribution in [0.15, 0.2) is 30.3 Å². The van der Waals surface area contributed by atoms with Gasteiger partial charge in [-0.2, -0.15) is 0 Å². The highest BCUT2D eigenvalue weighted by Crippen LogP contribution is 2.89. The number of aliphatic hydroxyl groups is 1. The van der Waals surface area contributed by atoms with Crippen molar-refractivity contribution in [2.45, 2.75) is 150 Å². The molecule has 0 bridgehead atoms. The summed E-state index contributed by atoms with van der Waals surface area (Å²) in [6.45, 7) is 19.9. The van der Waals surface area contributed by atoms with Crippen LogP contribution in [0.4, 0.5) is 0 Å². The fourth-order valence-electron chi connectivity index (χ4n) is 14.2. The molecular formula is C43H63NO7. The smallest absolute Gasteiger partial charge is 0.303 e. The molecule has 51 heavy (non-hydrogen) atoms. The lowest BCUT2D eigenvalue weighted by atomic mass is 9.41. The summed E-state index contributed by atoms with van der Waals surface area (Å²) in [5, 5.41) is 11.0. The van der Waals surface area contributed by atoms with Crippen molar-refractivity contribution in [1.82, 2.24) is 4.90 Å². The third-order valence-electron chi connectivity index (χ3n) is 16.5. The fraction of sp³-hybridized carbons (Fsp3) is 0.814. The molecule has 1 aromatic rings. The molecule has 7 aliphatic rings. The van der Waals surface area contributed by atoms with Gasteiger partial charge in [0, 0.05) is 37.9 Å². The zero-order valence-electron chi connectivity index (χ0n) is 32.4. The predicted octanol–water partition coefficient (Wildman–Crippen LogP) is 6.95. The highest BCUT2D eigenvalue weighted by atomic mass is 16.7. The van der Waals surface area contributed by atoms with Crippen LogP contribution < -0.4 is 0 Å². The third-order valence-corrected chi connectivity index (χ3v) is 16.5. The number of benzene rings is 1. The van der Waals surface area contributed by atoms with Crippen molar-refractivity contribution < 1.29 is 33.6 Å². The van der Waals surface area contributed by atoms with Crippen molar-refractivity contribution in [3.05, 3.63) is 35.9 Å². The Balaban J connectivity index is 1.00. The Bertz CT molecular complexity index is 1520. The van der Waals surface area contributed by atoms with Crippen molar-refractivity contribution in [3.8, 4) is 0 Å². The number of esters is 1. The Labute approximate surface area is 305 Å². The van der Waals surface area contributed by atoms with Crippen LogP contribution >= 0.6 is 0 Å². The van der Waals surface area contributed by atoms with E-state index >= 15 is 4.79 Å². The Morgan fingerprint density at radius 1 is 1.04 bits per heavy atom. The van der Waals surface area contributed by atoms with E-state index in [1.54, 1.807) is 13.8 Å². The van der Waals surface area contributed by atoms with Gasteiger partial charge >= 0.3 is 5.97 Å². The van der Waals surface area contributed by atoms with E-state index in [2.05, 4.69) is 69.9 Å². The van der Waals surface area contributed by atoms with E-state index in [1.807, 2.05) is 0 Å². The zero-order chi connectivity index (χ0) is 36.4. The number of Topliss-reactive ketones (excluding diaryl/α,β-unsaturated/α-hetero) is 1. The van der Waals surface area contributed by atoms with Crippen LogP contribution in [0.5, 0.6) is 0 Å². The molecule has 2 aliphatic heterocycles. The molecule has 8 rings (SSSR count). The summed E-state index contributed by atoms with van der Waals surface area (Å²) in [5.74, 6) is 1.05. The minimum Gasteiger partial charge on any atom is -0.457 e. The van der Waals surface area contributed by atoms with Crippen molar-refractivity contribution in [2.75, 3.05) is 19.7 Å². The Morgan fingerprint density at radius 3 is 2.45 bits per heavy atom. The van der Waals surface area contributed by atoms with Crippen LogP contribution in [0.3, 0.4) is 0 Å². The molecule has 5 saturated carbocycles. The summed E-state index contributed by atoms with van der Waals surface area (Å²) in [7, 11) is 0. The molecule has 2 heterocycles. The topological polar surface area (TPSA) is 94.5 Å². The number of ketones is 1. The number of carbonyl (C=O) groups is 2. The van der Waals surface area contributed by atoms with Gasteiger partial charge in [-0.15, -0.1) is 0 Å². The first-order chi connectivity index (χ1) is 24.0. The van der Waals surface area contributed by atoms with Crippen LogP contribution in [0.25, 0.3) is 0 Å². The molecule has 1 aromatic carbocycles. The molecule has 5 aliphatic carbocycles. The van der Waals surface area contributed by atoms with Crippen LogP contribution in [0.2, 0.25) is 0 Å². The summed E-state index contributed by atoms with van der Waals surface area (Å²) in [6.07, 6.45) is 6.61. The molecule has 0 radical (unpaired) electrons. The molecular weight excluding hydrogens is 642 g/mol. The quantitative estimate of drug-likeness (QED) is 0.305. The van der Waals surface area contributed by atoms with E-state index in [-0.39, 0.29) is 51.7 Å². The molecule has 1 N–H and O–H groups in total. The molecule has 0 aromatic heterocycles. The SMILES string of the molecule is CC(=O)O[C@@H](C1C[C@@H](C)[C@H]2C(O1)C(=O)[C@@]1(C)C3CC[C@H]4C(C)(C)C(O[C@H]5CN(Cc6ccccc6)CCO5)CC[C@@]45C[C@@]35CC[C@]21C)C(C)(C)O. The van der Waals surface area contributed by atoms with E-state index in [0.717, 1.165) is 45.3 Å². The maximum absolute atomic E-state index is 15.1. The second kappa shape index (κ2) is 12.1. The third kappa shape index (κ3) is 5.22. The van der Waals surface area contributed by atoms with E-state index in [4.69, 9.17) is 18.9 Å². The lowest BCUT2D eigenvalue weighted by Gasteiger charge is -2.62. The van der Waals surface area contributed by atoms with Gasteiger partial charge in [0.1, 0.15) is 6.10 Å². The highest BCUT2D eigenvalue weighted by Gasteiger charge is 2.85. The van der Waals surface area contributed by atoms with Gasteiger partial charge in [0.25, 0.3) is 0 Å². The van der Waals surface area contributed by atoms with Gasteiger partial charge in [-0.1, -0.05) is 65.0 Å². The average molecular weight is 706 g/mol. The largest absolute Gasteiger partial charge is 0.457 e. The van der Waals surface area contributed by atoms with Crippen LogP contribution in [0, 0.1) is 50.7 Å². The maximum Gasteiger partial charge on any atom is 0.303 e. The Hall–Kier alpha value is -1.84. The molecule has 282 valence electrons. The van der Waals surface area contributed by atoms with Gasteiger partial charge in [0.2, 0.25) is 0 Å². The summed E-state index contributed by atoms with van der Waals surface area (Å²) in [5.41, 5.74) is -0.113. The standard InChI is InChI=1S/C43H63NO7/c1-26-22-29(37(39(5,6)47)49-27(2)45)50-35-34(26)40(7)18-19-43-25-42(43)17-16-32(38(3,4)30(42)14-15-31(43)41(40,8)36(35)46)51-33-24-44(20-21-48-33)23-28-12-10-9-11-13-28/h9-13,26,29-35,37,47H,14-25H2,1-8H3/t26-,29?,30+,31?,32?,33+,34+,35?,37+,40-,41-,42-,43+/m1/s1. The Morgan fingerprint density at radius 2 is 1.75 bits per heavy atom. The Kier molecular flexibility index (Phi) is 8.56. The minimum absolute atomic E-state index is 0.0147.